The second-order valence-corrected chi connectivity index (χ2v) is 7.77. The molecule has 29 heavy (non-hydrogen) atoms. The van der Waals surface area contributed by atoms with Crippen LogP contribution in [-0.4, -0.2) is 34.8 Å². The predicted octanol–water partition coefficient (Wildman–Crippen LogP) is 3.52. The van der Waals surface area contributed by atoms with Crippen molar-refractivity contribution >= 4 is 33.4 Å². The number of hydrogen-bond acceptors (Lipinski definition) is 6. The molecule has 0 atom stereocenters. The van der Waals surface area contributed by atoms with Gasteiger partial charge in [0.1, 0.15) is 5.76 Å². The molecule has 0 spiro atoms. The minimum absolute atomic E-state index is 0.182. The van der Waals surface area contributed by atoms with Gasteiger partial charge in [-0.1, -0.05) is 26.0 Å². The zero-order chi connectivity index (χ0) is 20.6. The van der Waals surface area contributed by atoms with Crippen LogP contribution in [0.1, 0.15) is 48.0 Å². The monoisotopic (exact) mass is 414 g/mol. The lowest BCUT2D eigenvalue weighted by Gasteiger charge is -2.15. The Kier molecular flexibility index (Phi) is 7.37. The topological polar surface area (TPSA) is 87.5 Å². The number of aryl methyl sites for hydroxylation is 1. The largest absolute Gasteiger partial charge is 0.454 e. The van der Waals surface area contributed by atoms with Gasteiger partial charge >= 0.3 is 5.91 Å². The number of rotatable bonds is 9. The Balaban J connectivity index is 1.39. The average Bonchev–Trinajstić information content (AvgIpc) is 3.36. The van der Waals surface area contributed by atoms with E-state index < -0.39 is 5.91 Å². The molecule has 0 fully saturated rings. The Morgan fingerprint density at radius 2 is 1.90 bits per heavy atom. The summed E-state index contributed by atoms with van der Waals surface area (Å²) in [5.41, 5.74) is 5.83. The van der Waals surface area contributed by atoms with E-state index in [0.29, 0.717) is 19.4 Å². The summed E-state index contributed by atoms with van der Waals surface area (Å²) in [6.07, 6.45) is 1.70. The summed E-state index contributed by atoms with van der Waals surface area (Å²) in [6, 6.07) is 11.4. The first-order chi connectivity index (χ1) is 14.1. The SMILES string of the molecule is CCN(CC)Cc1ccc(C(=O)NNC(=O)CCCc2nc3ccccc3s2)o1. The molecule has 3 rings (SSSR count). The Bertz CT molecular complexity index is 929. The molecular formula is C21H26N4O3S. The zero-order valence-corrected chi connectivity index (χ0v) is 17.6. The van der Waals surface area contributed by atoms with Crippen LogP contribution in [0, 0.1) is 0 Å². The van der Waals surface area contributed by atoms with Crippen molar-refractivity contribution in [3.05, 3.63) is 52.9 Å². The summed E-state index contributed by atoms with van der Waals surface area (Å²) in [5, 5.41) is 1.01. The maximum absolute atomic E-state index is 12.1. The molecule has 0 bridgehead atoms. The van der Waals surface area contributed by atoms with Gasteiger partial charge in [-0.2, -0.15) is 0 Å². The number of para-hydroxylation sites is 1. The van der Waals surface area contributed by atoms with Gasteiger partial charge in [-0.3, -0.25) is 25.3 Å². The second kappa shape index (κ2) is 10.2. The molecule has 0 radical (unpaired) electrons. The fourth-order valence-corrected chi connectivity index (χ4v) is 3.94. The van der Waals surface area contributed by atoms with Gasteiger partial charge in [0.2, 0.25) is 5.91 Å². The van der Waals surface area contributed by atoms with E-state index in [1.807, 2.05) is 24.3 Å². The fourth-order valence-electron chi connectivity index (χ4n) is 2.93. The lowest BCUT2D eigenvalue weighted by molar-refractivity contribution is -0.121. The van der Waals surface area contributed by atoms with Crippen LogP contribution in [0.15, 0.2) is 40.8 Å². The highest BCUT2D eigenvalue weighted by Crippen LogP contribution is 2.22. The lowest BCUT2D eigenvalue weighted by Crippen LogP contribution is -2.41. The number of amides is 2. The lowest BCUT2D eigenvalue weighted by atomic mass is 10.2. The molecule has 3 aromatic rings. The number of hydrogen-bond donors (Lipinski definition) is 2. The number of furan rings is 1. The van der Waals surface area contributed by atoms with Crippen LogP contribution in [-0.2, 0) is 17.8 Å². The number of nitrogens with zero attached hydrogens (tertiary/aromatic N) is 2. The number of fused-ring (bicyclic) bond motifs is 1. The summed E-state index contributed by atoms with van der Waals surface area (Å²) < 4.78 is 6.72. The Hall–Kier alpha value is -2.71. The summed E-state index contributed by atoms with van der Waals surface area (Å²) in [4.78, 5) is 30.9. The van der Waals surface area contributed by atoms with Gasteiger partial charge in [0.05, 0.1) is 21.8 Å². The molecule has 2 N–H and O–H groups in total. The van der Waals surface area contributed by atoms with Crippen LogP contribution in [0.5, 0.6) is 0 Å². The van der Waals surface area contributed by atoms with Crippen molar-refractivity contribution in [3.8, 4) is 0 Å². The van der Waals surface area contributed by atoms with Crippen molar-refractivity contribution in [2.24, 2.45) is 0 Å². The van der Waals surface area contributed by atoms with Crippen molar-refractivity contribution in [1.82, 2.24) is 20.7 Å². The van der Waals surface area contributed by atoms with Crippen LogP contribution in [0.3, 0.4) is 0 Å². The maximum atomic E-state index is 12.1. The minimum atomic E-state index is -0.463. The third kappa shape index (κ3) is 5.88. The van der Waals surface area contributed by atoms with Crippen molar-refractivity contribution in [2.75, 3.05) is 13.1 Å². The number of thiazole rings is 1. The first kappa shape index (κ1) is 21.0. The molecule has 7 nitrogen and oxygen atoms in total. The summed E-state index contributed by atoms with van der Waals surface area (Å²) >= 11 is 1.65. The molecule has 0 unspecified atom stereocenters. The summed E-state index contributed by atoms with van der Waals surface area (Å²) in [6.45, 7) is 6.62. The summed E-state index contributed by atoms with van der Waals surface area (Å²) in [7, 11) is 0. The van der Waals surface area contributed by atoms with E-state index in [2.05, 4.69) is 34.6 Å². The van der Waals surface area contributed by atoms with Crippen molar-refractivity contribution in [2.45, 2.75) is 39.7 Å². The molecule has 0 aliphatic heterocycles. The Morgan fingerprint density at radius 1 is 1.10 bits per heavy atom. The van der Waals surface area contributed by atoms with Crippen molar-refractivity contribution in [3.63, 3.8) is 0 Å². The Morgan fingerprint density at radius 3 is 2.66 bits per heavy atom. The molecule has 8 heteroatoms. The van der Waals surface area contributed by atoms with E-state index in [1.54, 1.807) is 23.5 Å². The van der Waals surface area contributed by atoms with E-state index in [-0.39, 0.29) is 11.7 Å². The normalized spacial score (nSPS) is 11.1. The number of carbonyl (C=O) groups excluding carboxylic acids is 2. The molecule has 0 saturated carbocycles. The van der Waals surface area contributed by atoms with Crippen LogP contribution >= 0.6 is 11.3 Å². The third-order valence-corrected chi connectivity index (χ3v) is 5.70. The van der Waals surface area contributed by atoms with Gasteiger partial charge in [0, 0.05) is 6.42 Å². The van der Waals surface area contributed by atoms with Gasteiger partial charge in [-0.15, -0.1) is 11.3 Å². The smallest absolute Gasteiger partial charge is 0.305 e. The second-order valence-electron chi connectivity index (χ2n) is 6.66. The average molecular weight is 415 g/mol. The predicted molar refractivity (Wildman–Crippen MR) is 113 cm³/mol. The molecule has 2 aromatic heterocycles. The van der Waals surface area contributed by atoms with E-state index in [0.717, 1.165) is 40.5 Å². The van der Waals surface area contributed by atoms with Gasteiger partial charge in [-0.05, 0) is 50.2 Å². The molecule has 1 aromatic carbocycles. The van der Waals surface area contributed by atoms with Gasteiger partial charge < -0.3 is 4.42 Å². The molecular weight excluding hydrogens is 388 g/mol. The summed E-state index contributed by atoms with van der Waals surface area (Å²) in [5.74, 6) is 0.202. The van der Waals surface area contributed by atoms with Gasteiger partial charge in [0.15, 0.2) is 5.76 Å². The van der Waals surface area contributed by atoms with E-state index in [1.165, 1.54) is 0 Å². The first-order valence-electron chi connectivity index (χ1n) is 9.83. The van der Waals surface area contributed by atoms with Crippen molar-refractivity contribution < 1.29 is 14.0 Å². The number of aromatic nitrogens is 1. The van der Waals surface area contributed by atoms with E-state index in [9.17, 15) is 9.59 Å². The maximum Gasteiger partial charge on any atom is 0.305 e. The van der Waals surface area contributed by atoms with Gasteiger partial charge in [0.25, 0.3) is 0 Å². The van der Waals surface area contributed by atoms with Crippen molar-refractivity contribution in [1.29, 1.82) is 0 Å². The highest BCUT2D eigenvalue weighted by atomic mass is 32.1. The number of carbonyl (C=O) groups is 2. The van der Waals surface area contributed by atoms with Crippen LogP contribution < -0.4 is 10.9 Å². The molecule has 0 saturated heterocycles. The minimum Gasteiger partial charge on any atom is -0.454 e. The quantitative estimate of drug-likeness (QED) is 0.523. The van der Waals surface area contributed by atoms with E-state index in [4.69, 9.17) is 4.42 Å². The van der Waals surface area contributed by atoms with E-state index >= 15 is 0 Å². The molecule has 0 aliphatic rings. The number of benzene rings is 1. The molecule has 0 aliphatic carbocycles. The van der Waals surface area contributed by atoms with Gasteiger partial charge in [-0.25, -0.2) is 4.98 Å². The number of nitrogens with one attached hydrogen (secondary N) is 2. The third-order valence-electron chi connectivity index (χ3n) is 4.61. The zero-order valence-electron chi connectivity index (χ0n) is 16.7. The highest BCUT2D eigenvalue weighted by Gasteiger charge is 2.13. The molecule has 2 amide bonds. The Labute approximate surface area is 174 Å². The van der Waals surface area contributed by atoms with Crippen LogP contribution in [0.2, 0.25) is 0 Å². The standard InChI is InChI=1S/C21H26N4O3S/c1-3-25(4-2)14-15-12-13-17(28-15)21(27)24-23-19(26)10-7-11-20-22-16-8-5-6-9-18(16)29-20/h5-6,8-9,12-13H,3-4,7,10-11,14H2,1-2H3,(H,23,26)(H,24,27). The first-order valence-corrected chi connectivity index (χ1v) is 10.7. The fraction of sp³-hybridized carbons (Fsp3) is 0.381. The van der Waals surface area contributed by atoms with Crippen LogP contribution in [0.25, 0.3) is 10.2 Å². The molecule has 2 heterocycles. The van der Waals surface area contributed by atoms with Crippen LogP contribution in [0.4, 0.5) is 0 Å². The molecule has 154 valence electrons. The highest BCUT2D eigenvalue weighted by molar-refractivity contribution is 7.18. The number of hydrazine groups is 1.